The van der Waals surface area contributed by atoms with Crippen molar-refractivity contribution in [2.24, 2.45) is 11.8 Å². The van der Waals surface area contributed by atoms with Gasteiger partial charge < -0.3 is 9.80 Å². The molecule has 3 heteroatoms. The number of rotatable bonds is 2. The molecule has 1 amide bonds. The van der Waals surface area contributed by atoms with Crippen LogP contribution in [0, 0.1) is 11.8 Å². The van der Waals surface area contributed by atoms with E-state index in [0.29, 0.717) is 0 Å². The summed E-state index contributed by atoms with van der Waals surface area (Å²) in [5, 5.41) is 0. The summed E-state index contributed by atoms with van der Waals surface area (Å²) in [6, 6.07) is 0. The molecule has 0 radical (unpaired) electrons. The quantitative estimate of drug-likeness (QED) is 0.723. The van der Waals surface area contributed by atoms with Gasteiger partial charge in [0, 0.05) is 13.1 Å². The van der Waals surface area contributed by atoms with Gasteiger partial charge in [0.1, 0.15) is 0 Å². The topological polar surface area (TPSA) is 23.6 Å². The van der Waals surface area contributed by atoms with E-state index in [0.717, 1.165) is 31.3 Å². The maximum absolute atomic E-state index is 10.6. The second-order valence-corrected chi connectivity index (χ2v) is 5.83. The molecule has 0 atom stereocenters. The van der Waals surface area contributed by atoms with E-state index in [2.05, 4.69) is 25.8 Å². The number of amides is 1. The Hall–Kier alpha value is -0.570. The van der Waals surface area contributed by atoms with E-state index in [1.165, 1.54) is 45.2 Å². The second kappa shape index (κ2) is 12.2. The Morgan fingerprint density at radius 1 is 0.900 bits per heavy atom. The Bertz CT molecular complexity index is 217. The Morgan fingerprint density at radius 2 is 1.25 bits per heavy atom. The highest BCUT2D eigenvalue weighted by atomic mass is 16.1. The van der Waals surface area contributed by atoms with Crippen LogP contribution in [0.2, 0.25) is 0 Å². The van der Waals surface area contributed by atoms with Crippen molar-refractivity contribution in [3.63, 3.8) is 0 Å². The van der Waals surface area contributed by atoms with Crippen LogP contribution in [0.4, 0.5) is 0 Å². The lowest BCUT2D eigenvalue weighted by Gasteiger charge is -2.38. The van der Waals surface area contributed by atoms with Crippen LogP contribution in [0.3, 0.4) is 0 Å². The molecule has 2 aliphatic heterocycles. The third kappa shape index (κ3) is 7.28. The van der Waals surface area contributed by atoms with Gasteiger partial charge in [-0.3, -0.25) is 4.79 Å². The summed E-state index contributed by atoms with van der Waals surface area (Å²) in [4.78, 5) is 15.0. The van der Waals surface area contributed by atoms with Crippen molar-refractivity contribution in [1.82, 2.24) is 9.80 Å². The van der Waals surface area contributed by atoms with Crippen LogP contribution in [0.1, 0.15) is 59.8 Å². The highest BCUT2D eigenvalue weighted by Crippen LogP contribution is 2.31. The van der Waals surface area contributed by atoms with Crippen LogP contribution in [-0.4, -0.2) is 49.4 Å². The standard InChI is InChI=1S/C12H22N2O.C3H8.C2H6/c1-13-6-2-11(3-7-13)12-4-8-14(10-15)9-5-12;1-3-2;1-2/h10-12H,2-9H2,1H3;3H2,1-2H3;1-2H3. The van der Waals surface area contributed by atoms with Crippen LogP contribution >= 0.6 is 0 Å². The smallest absolute Gasteiger partial charge is 0.209 e. The summed E-state index contributed by atoms with van der Waals surface area (Å²) < 4.78 is 0. The molecule has 0 aromatic rings. The number of carbonyl (C=O) groups is 1. The minimum Gasteiger partial charge on any atom is -0.345 e. The summed E-state index contributed by atoms with van der Waals surface area (Å²) >= 11 is 0. The first kappa shape index (κ1) is 19.4. The molecule has 0 aromatic carbocycles. The maximum atomic E-state index is 10.6. The molecule has 2 aliphatic rings. The predicted molar refractivity (Wildman–Crippen MR) is 87.9 cm³/mol. The van der Waals surface area contributed by atoms with Crippen molar-refractivity contribution >= 4 is 6.41 Å². The van der Waals surface area contributed by atoms with E-state index >= 15 is 0 Å². The minimum atomic E-state index is 0.884. The lowest BCUT2D eigenvalue weighted by Crippen LogP contribution is -2.39. The zero-order chi connectivity index (χ0) is 15.4. The molecule has 120 valence electrons. The molecule has 0 unspecified atom stereocenters. The molecule has 0 bridgehead atoms. The Kier molecular flexibility index (Phi) is 11.8. The number of nitrogens with zero attached hydrogens (tertiary/aromatic N) is 2. The fourth-order valence-corrected chi connectivity index (χ4v) is 3.00. The van der Waals surface area contributed by atoms with Gasteiger partial charge in [0.15, 0.2) is 0 Å². The van der Waals surface area contributed by atoms with Crippen LogP contribution in [0.25, 0.3) is 0 Å². The van der Waals surface area contributed by atoms with E-state index < -0.39 is 0 Å². The van der Waals surface area contributed by atoms with Gasteiger partial charge in [0.2, 0.25) is 6.41 Å². The summed E-state index contributed by atoms with van der Waals surface area (Å²) in [6.45, 7) is 12.7. The number of likely N-dealkylation sites (tertiary alicyclic amines) is 2. The third-order valence-electron chi connectivity index (χ3n) is 4.15. The molecule has 0 N–H and O–H groups in total. The maximum Gasteiger partial charge on any atom is 0.209 e. The highest BCUT2D eigenvalue weighted by molar-refractivity contribution is 5.47. The molecule has 2 heterocycles. The highest BCUT2D eigenvalue weighted by Gasteiger charge is 2.28. The average Bonchev–Trinajstić information content (AvgIpc) is 2.51. The van der Waals surface area contributed by atoms with Gasteiger partial charge in [-0.25, -0.2) is 0 Å². The van der Waals surface area contributed by atoms with Gasteiger partial charge in [0.25, 0.3) is 0 Å². The van der Waals surface area contributed by atoms with Gasteiger partial charge in [-0.05, 0) is 57.7 Å². The summed E-state index contributed by atoms with van der Waals surface area (Å²) in [6.07, 6.45) is 7.44. The van der Waals surface area contributed by atoms with E-state index in [4.69, 9.17) is 0 Å². The first-order valence-corrected chi connectivity index (χ1v) is 8.59. The molecular formula is C17H36N2O. The molecule has 20 heavy (non-hydrogen) atoms. The lowest BCUT2D eigenvalue weighted by molar-refractivity contribution is -0.119. The molecule has 0 aromatic heterocycles. The first-order valence-electron chi connectivity index (χ1n) is 8.59. The molecule has 2 rings (SSSR count). The number of piperidine rings is 2. The van der Waals surface area contributed by atoms with Gasteiger partial charge >= 0.3 is 0 Å². The van der Waals surface area contributed by atoms with Gasteiger partial charge in [0.05, 0.1) is 0 Å². The normalized spacial score (nSPS) is 21.4. The van der Waals surface area contributed by atoms with Crippen molar-refractivity contribution in [2.45, 2.75) is 59.8 Å². The molecule has 0 saturated carbocycles. The fraction of sp³-hybridized carbons (Fsp3) is 0.941. The van der Waals surface area contributed by atoms with Crippen molar-refractivity contribution in [2.75, 3.05) is 33.2 Å². The molecule has 3 nitrogen and oxygen atoms in total. The number of hydrogen-bond acceptors (Lipinski definition) is 2. The van der Waals surface area contributed by atoms with Crippen molar-refractivity contribution in [3.8, 4) is 0 Å². The Labute approximate surface area is 126 Å². The predicted octanol–water partition coefficient (Wildman–Crippen LogP) is 3.64. The van der Waals surface area contributed by atoms with Crippen molar-refractivity contribution in [1.29, 1.82) is 0 Å². The second-order valence-electron chi connectivity index (χ2n) is 5.83. The SMILES string of the molecule is CC.CCC.CN1CCC(C2CCN(C=O)CC2)CC1. The molecule has 2 fully saturated rings. The monoisotopic (exact) mass is 284 g/mol. The molecule has 2 saturated heterocycles. The van der Waals surface area contributed by atoms with E-state index in [-0.39, 0.29) is 0 Å². The van der Waals surface area contributed by atoms with Crippen molar-refractivity contribution < 1.29 is 4.79 Å². The summed E-state index contributed by atoms with van der Waals surface area (Å²) in [7, 11) is 2.21. The summed E-state index contributed by atoms with van der Waals surface area (Å²) in [5.41, 5.74) is 0. The van der Waals surface area contributed by atoms with Gasteiger partial charge in [-0.2, -0.15) is 0 Å². The molecule has 0 spiro atoms. The number of carbonyl (C=O) groups excluding carboxylic acids is 1. The minimum absolute atomic E-state index is 0.884. The van der Waals surface area contributed by atoms with E-state index in [9.17, 15) is 4.79 Å². The fourth-order valence-electron chi connectivity index (χ4n) is 3.00. The van der Waals surface area contributed by atoms with Gasteiger partial charge in [-0.15, -0.1) is 0 Å². The summed E-state index contributed by atoms with van der Waals surface area (Å²) in [5.74, 6) is 1.81. The number of hydrogen-bond donors (Lipinski definition) is 0. The lowest BCUT2D eigenvalue weighted by atomic mass is 9.79. The first-order chi connectivity index (χ1) is 9.71. The van der Waals surface area contributed by atoms with E-state index in [1.54, 1.807) is 0 Å². The van der Waals surface area contributed by atoms with Crippen molar-refractivity contribution in [3.05, 3.63) is 0 Å². The average molecular weight is 284 g/mol. The Morgan fingerprint density at radius 3 is 1.60 bits per heavy atom. The molecular weight excluding hydrogens is 248 g/mol. The third-order valence-corrected chi connectivity index (χ3v) is 4.15. The Balaban J connectivity index is 0.000000641. The molecule has 0 aliphatic carbocycles. The zero-order valence-electron chi connectivity index (χ0n) is 14.4. The van der Waals surface area contributed by atoms with Crippen LogP contribution in [0.5, 0.6) is 0 Å². The largest absolute Gasteiger partial charge is 0.345 e. The van der Waals surface area contributed by atoms with Gasteiger partial charge in [-0.1, -0.05) is 34.1 Å². The zero-order valence-corrected chi connectivity index (χ0v) is 14.4. The van der Waals surface area contributed by atoms with E-state index in [1.807, 2.05) is 18.7 Å². The van der Waals surface area contributed by atoms with Crippen LogP contribution in [0.15, 0.2) is 0 Å². The van der Waals surface area contributed by atoms with Crippen LogP contribution < -0.4 is 0 Å². The van der Waals surface area contributed by atoms with Crippen LogP contribution in [-0.2, 0) is 4.79 Å².